The third-order valence-electron chi connectivity index (χ3n) is 2.86. The number of ether oxygens (including phenoxy) is 1. The van der Waals surface area contributed by atoms with Gasteiger partial charge in [0.05, 0.1) is 13.2 Å². The molecule has 0 aliphatic heterocycles. The van der Waals surface area contributed by atoms with E-state index in [1.165, 1.54) is 0 Å². The molecular weight excluding hydrogens is 224 g/mol. The van der Waals surface area contributed by atoms with Gasteiger partial charge in [-0.15, -0.1) is 0 Å². The van der Waals surface area contributed by atoms with Gasteiger partial charge < -0.3 is 4.74 Å². The van der Waals surface area contributed by atoms with Gasteiger partial charge in [0, 0.05) is 24.2 Å². The minimum absolute atomic E-state index is 0.0158. The Labute approximate surface area is 107 Å². The zero-order valence-corrected chi connectivity index (χ0v) is 10.2. The summed E-state index contributed by atoms with van der Waals surface area (Å²) >= 11 is 0. The molecule has 0 N–H and O–H groups in total. The van der Waals surface area contributed by atoms with Crippen molar-refractivity contribution in [2.75, 3.05) is 7.11 Å². The van der Waals surface area contributed by atoms with E-state index in [0.29, 0.717) is 6.42 Å². The molecule has 18 heavy (non-hydrogen) atoms. The Morgan fingerprint density at radius 3 is 2.56 bits per heavy atom. The van der Waals surface area contributed by atoms with Gasteiger partial charge in [-0.2, -0.15) is 5.26 Å². The minimum atomic E-state index is 0.0158. The molecule has 3 nitrogen and oxygen atoms in total. The first-order valence-corrected chi connectivity index (χ1v) is 5.77. The van der Waals surface area contributed by atoms with Gasteiger partial charge >= 0.3 is 0 Å². The topological polar surface area (TPSA) is 45.9 Å². The highest BCUT2D eigenvalue weighted by molar-refractivity contribution is 5.34. The van der Waals surface area contributed by atoms with E-state index in [4.69, 9.17) is 10.00 Å². The van der Waals surface area contributed by atoms with Gasteiger partial charge in [0.15, 0.2) is 0 Å². The van der Waals surface area contributed by atoms with Crippen LogP contribution in [0.15, 0.2) is 48.7 Å². The summed E-state index contributed by atoms with van der Waals surface area (Å²) in [5.41, 5.74) is 2.00. The Morgan fingerprint density at radius 1 is 1.22 bits per heavy atom. The number of nitriles is 1. The molecule has 90 valence electrons. The number of methoxy groups -OCH3 is 1. The van der Waals surface area contributed by atoms with Crippen molar-refractivity contribution in [2.24, 2.45) is 0 Å². The Morgan fingerprint density at radius 2 is 2.00 bits per heavy atom. The number of aromatic nitrogens is 1. The Kier molecular flexibility index (Phi) is 3.93. The quantitative estimate of drug-likeness (QED) is 0.822. The van der Waals surface area contributed by atoms with E-state index in [-0.39, 0.29) is 5.92 Å². The standard InChI is InChI=1S/C15H14N2O/c1-18-13-7-5-12(6-8-13)14(9-10-16)15-4-2-3-11-17-15/h2-8,11,14H,9H2,1H3/t14-/m0/s1. The number of hydrogen-bond acceptors (Lipinski definition) is 3. The average Bonchev–Trinajstić information content (AvgIpc) is 2.46. The molecule has 2 rings (SSSR count). The molecule has 1 heterocycles. The summed E-state index contributed by atoms with van der Waals surface area (Å²) in [6.45, 7) is 0. The minimum Gasteiger partial charge on any atom is -0.497 e. The lowest BCUT2D eigenvalue weighted by Crippen LogP contribution is -2.02. The largest absolute Gasteiger partial charge is 0.497 e. The van der Waals surface area contributed by atoms with Gasteiger partial charge in [-0.25, -0.2) is 0 Å². The van der Waals surface area contributed by atoms with E-state index in [0.717, 1.165) is 17.0 Å². The zero-order chi connectivity index (χ0) is 12.8. The van der Waals surface area contributed by atoms with Crippen LogP contribution in [0.2, 0.25) is 0 Å². The van der Waals surface area contributed by atoms with Crippen LogP contribution >= 0.6 is 0 Å². The molecule has 0 fully saturated rings. The maximum Gasteiger partial charge on any atom is 0.118 e. The van der Waals surface area contributed by atoms with Crippen molar-refractivity contribution in [3.8, 4) is 11.8 Å². The van der Waals surface area contributed by atoms with Gasteiger partial charge in [0.2, 0.25) is 0 Å². The van der Waals surface area contributed by atoms with Crippen molar-refractivity contribution in [3.05, 3.63) is 59.9 Å². The van der Waals surface area contributed by atoms with Crippen molar-refractivity contribution in [2.45, 2.75) is 12.3 Å². The highest BCUT2D eigenvalue weighted by Crippen LogP contribution is 2.27. The van der Waals surface area contributed by atoms with E-state index in [9.17, 15) is 0 Å². The van der Waals surface area contributed by atoms with Gasteiger partial charge in [-0.05, 0) is 29.8 Å². The number of pyridine rings is 1. The monoisotopic (exact) mass is 238 g/mol. The summed E-state index contributed by atoms with van der Waals surface area (Å²) in [4.78, 5) is 4.33. The highest BCUT2D eigenvalue weighted by atomic mass is 16.5. The Hall–Kier alpha value is -2.34. The van der Waals surface area contributed by atoms with Crippen LogP contribution in [-0.2, 0) is 0 Å². The first-order chi connectivity index (χ1) is 8.85. The fourth-order valence-electron chi connectivity index (χ4n) is 1.90. The zero-order valence-electron chi connectivity index (χ0n) is 10.2. The van der Waals surface area contributed by atoms with Crippen LogP contribution in [0.1, 0.15) is 23.6 Å². The molecule has 0 spiro atoms. The summed E-state index contributed by atoms with van der Waals surface area (Å²) < 4.78 is 5.13. The summed E-state index contributed by atoms with van der Waals surface area (Å²) in [6, 6.07) is 15.8. The van der Waals surface area contributed by atoms with Crippen LogP contribution in [0.4, 0.5) is 0 Å². The molecule has 3 heteroatoms. The van der Waals surface area contributed by atoms with E-state index in [1.54, 1.807) is 13.3 Å². The maximum absolute atomic E-state index is 8.96. The lowest BCUT2D eigenvalue weighted by Gasteiger charge is -2.13. The molecule has 2 aromatic rings. The molecule has 0 amide bonds. The molecule has 0 bridgehead atoms. The van der Waals surface area contributed by atoms with Gasteiger partial charge in [-0.3, -0.25) is 4.98 Å². The molecule has 0 saturated carbocycles. The van der Waals surface area contributed by atoms with Crippen LogP contribution in [0.5, 0.6) is 5.75 Å². The molecule has 1 aromatic heterocycles. The first kappa shape index (κ1) is 12.1. The molecule has 0 aliphatic carbocycles. The molecule has 0 unspecified atom stereocenters. The molecule has 0 radical (unpaired) electrons. The predicted molar refractivity (Wildman–Crippen MR) is 69.3 cm³/mol. The van der Waals surface area contributed by atoms with E-state index in [1.807, 2.05) is 42.5 Å². The summed E-state index contributed by atoms with van der Waals surface area (Å²) in [5, 5.41) is 8.96. The van der Waals surface area contributed by atoms with Crippen LogP contribution < -0.4 is 4.74 Å². The van der Waals surface area contributed by atoms with Crippen LogP contribution in [0.25, 0.3) is 0 Å². The van der Waals surface area contributed by atoms with Gasteiger partial charge in [0.25, 0.3) is 0 Å². The number of hydrogen-bond donors (Lipinski definition) is 0. The number of rotatable bonds is 4. The summed E-state index contributed by atoms with van der Waals surface area (Å²) in [5.74, 6) is 0.831. The predicted octanol–water partition coefficient (Wildman–Crippen LogP) is 3.14. The number of benzene rings is 1. The SMILES string of the molecule is COc1ccc([C@H](CC#N)c2ccccn2)cc1. The second-order valence-electron chi connectivity index (χ2n) is 3.94. The van der Waals surface area contributed by atoms with Crippen molar-refractivity contribution in [1.29, 1.82) is 5.26 Å². The molecule has 1 atom stereocenters. The van der Waals surface area contributed by atoms with Crippen molar-refractivity contribution >= 4 is 0 Å². The summed E-state index contributed by atoms with van der Waals surface area (Å²) in [7, 11) is 1.64. The van der Waals surface area contributed by atoms with Crippen LogP contribution in [0, 0.1) is 11.3 Å². The normalized spacial score (nSPS) is 11.6. The third-order valence-corrected chi connectivity index (χ3v) is 2.86. The van der Waals surface area contributed by atoms with Gasteiger partial charge in [0.1, 0.15) is 5.75 Å². The lowest BCUT2D eigenvalue weighted by atomic mass is 9.92. The van der Waals surface area contributed by atoms with Crippen LogP contribution in [0.3, 0.4) is 0 Å². The van der Waals surface area contributed by atoms with Gasteiger partial charge in [-0.1, -0.05) is 18.2 Å². The van der Waals surface area contributed by atoms with Crippen molar-refractivity contribution < 1.29 is 4.74 Å². The maximum atomic E-state index is 8.96. The average molecular weight is 238 g/mol. The van der Waals surface area contributed by atoms with E-state index < -0.39 is 0 Å². The second-order valence-corrected chi connectivity index (χ2v) is 3.94. The third kappa shape index (κ3) is 2.67. The second kappa shape index (κ2) is 5.83. The lowest BCUT2D eigenvalue weighted by molar-refractivity contribution is 0.414. The fourth-order valence-corrected chi connectivity index (χ4v) is 1.90. The number of nitrogens with zero attached hydrogens (tertiary/aromatic N) is 2. The van der Waals surface area contributed by atoms with E-state index >= 15 is 0 Å². The Bertz CT molecular complexity index is 529. The van der Waals surface area contributed by atoms with E-state index in [2.05, 4.69) is 11.1 Å². The van der Waals surface area contributed by atoms with Crippen molar-refractivity contribution in [1.82, 2.24) is 4.98 Å². The smallest absolute Gasteiger partial charge is 0.118 e. The highest BCUT2D eigenvalue weighted by Gasteiger charge is 2.14. The fraction of sp³-hybridized carbons (Fsp3) is 0.200. The Balaban J connectivity index is 2.33. The van der Waals surface area contributed by atoms with Crippen molar-refractivity contribution in [3.63, 3.8) is 0 Å². The molecule has 1 aromatic carbocycles. The van der Waals surface area contributed by atoms with Crippen LogP contribution in [-0.4, -0.2) is 12.1 Å². The summed E-state index contributed by atoms with van der Waals surface area (Å²) in [6.07, 6.45) is 2.17. The first-order valence-electron chi connectivity index (χ1n) is 5.77. The molecule has 0 saturated heterocycles. The molecule has 0 aliphatic rings. The molecular formula is C15H14N2O.